The zero-order chi connectivity index (χ0) is 15.1. The van der Waals surface area contributed by atoms with Crippen LogP contribution < -0.4 is 0 Å². The number of hydrogen-bond donors (Lipinski definition) is 0. The van der Waals surface area contributed by atoms with Crippen molar-refractivity contribution in [3.05, 3.63) is 12.2 Å². The molecule has 0 aliphatic rings. The van der Waals surface area contributed by atoms with Crippen molar-refractivity contribution >= 4 is 11.6 Å². The van der Waals surface area contributed by atoms with E-state index in [1.165, 1.54) is 12.8 Å². The molecule has 0 aromatic carbocycles. The van der Waals surface area contributed by atoms with Gasteiger partial charge < -0.3 is 0 Å². The van der Waals surface area contributed by atoms with Gasteiger partial charge in [-0.3, -0.25) is 9.59 Å². The normalized spacial score (nSPS) is 11.1. The number of carbonyl (C=O) groups excluding carboxylic acids is 2. The first-order valence-electron chi connectivity index (χ1n) is 8.35. The van der Waals surface area contributed by atoms with Crippen LogP contribution in [0.1, 0.15) is 90.9 Å². The van der Waals surface area contributed by atoms with Crippen molar-refractivity contribution in [2.24, 2.45) is 0 Å². The van der Waals surface area contributed by atoms with Crippen molar-refractivity contribution < 1.29 is 9.59 Å². The van der Waals surface area contributed by atoms with E-state index in [4.69, 9.17) is 0 Å². The quantitative estimate of drug-likeness (QED) is 0.315. The van der Waals surface area contributed by atoms with Gasteiger partial charge in [0.05, 0.1) is 0 Å². The van der Waals surface area contributed by atoms with Crippen molar-refractivity contribution in [3.63, 3.8) is 0 Å². The van der Waals surface area contributed by atoms with Crippen LogP contribution in [-0.2, 0) is 9.59 Å². The molecular weight excluding hydrogens is 248 g/mol. The second kappa shape index (κ2) is 14.5. The summed E-state index contributed by atoms with van der Waals surface area (Å²) in [5.74, 6) is 0.802. The summed E-state index contributed by atoms with van der Waals surface area (Å²) in [7, 11) is 0. The lowest BCUT2D eigenvalue weighted by Crippen LogP contribution is -1.97. The minimum atomic E-state index is 0.383. The van der Waals surface area contributed by atoms with Gasteiger partial charge in [-0.1, -0.05) is 44.8 Å². The molecule has 0 spiro atoms. The van der Waals surface area contributed by atoms with E-state index in [-0.39, 0.29) is 0 Å². The molecule has 0 fully saturated rings. The second-order valence-corrected chi connectivity index (χ2v) is 5.51. The maximum Gasteiger partial charge on any atom is 0.132 e. The van der Waals surface area contributed by atoms with Crippen LogP contribution in [0.3, 0.4) is 0 Å². The highest BCUT2D eigenvalue weighted by molar-refractivity contribution is 5.78. The van der Waals surface area contributed by atoms with Crippen LogP contribution in [0.4, 0.5) is 0 Å². The van der Waals surface area contributed by atoms with E-state index in [0.717, 1.165) is 57.8 Å². The predicted molar refractivity (Wildman–Crippen MR) is 85.9 cm³/mol. The highest BCUT2D eigenvalue weighted by Crippen LogP contribution is 2.11. The van der Waals surface area contributed by atoms with Gasteiger partial charge in [-0.05, 0) is 32.6 Å². The van der Waals surface area contributed by atoms with Gasteiger partial charge >= 0.3 is 0 Å². The molecule has 0 amide bonds. The van der Waals surface area contributed by atoms with Crippen molar-refractivity contribution in [2.75, 3.05) is 0 Å². The fraction of sp³-hybridized carbons (Fsp3) is 0.778. The molecule has 0 saturated heterocycles. The lowest BCUT2D eigenvalue weighted by molar-refractivity contribution is -0.119. The third kappa shape index (κ3) is 13.5. The van der Waals surface area contributed by atoms with Crippen LogP contribution in [0.2, 0.25) is 0 Å². The molecule has 0 N–H and O–H groups in total. The van der Waals surface area contributed by atoms with E-state index in [2.05, 4.69) is 6.08 Å². The lowest BCUT2D eigenvalue weighted by atomic mass is 10.0. The average molecular weight is 280 g/mol. The molecule has 116 valence electrons. The molecule has 2 heteroatoms. The molecule has 0 unspecified atom stereocenters. The Balaban J connectivity index is 3.23. The van der Waals surface area contributed by atoms with Crippen LogP contribution in [0.25, 0.3) is 0 Å². The molecule has 0 aromatic heterocycles. The molecule has 2 nitrogen and oxygen atoms in total. The summed E-state index contributed by atoms with van der Waals surface area (Å²) in [6.07, 6.45) is 15.9. The van der Waals surface area contributed by atoms with Crippen LogP contribution in [0.5, 0.6) is 0 Å². The Morgan fingerprint density at radius 2 is 1.25 bits per heavy atom. The largest absolute Gasteiger partial charge is 0.300 e. The van der Waals surface area contributed by atoms with Crippen molar-refractivity contribution in [3.8, 4) is 0 Å². The van der Waals surface area contributed by atoms with Crippen LogP contribution in [-0.4, -0.2) is 11.6 Å². The highest BCUT2D eigenvalue weighted by atomic mass is 16.1. The minimum absolute atomic E-state index is 0.383. The fourth-order valence-electron chi connectivity index (χ4n) is 2.24. The van der Waals surface area contributed by atoms with E-state index < -0.39 is 0 Å². The molecule has 0 aliphatic carbocycles. The summed E-state index contributed by atoms with van der Waals surface area (Å²) in [6, 6.07) is 0. The van der Waals surface area contributed by atoms with Gasteiger partial charge in [-0.2, -0.15) is 0 Å². The standard InChI is InChI=1S/C18H32O2/c1-3-5-6-11-15-18(20)16-13-10-8-7-9-12-14-17(19)4-2/h3,5H,4,6-16H2,1-2H3. The Morgan fingerprint density at radius 3 is 1.80 bits per heavy atom. The lowest BCUT2D eigenvalue weighted by Gasteiger charge is -2.02. The first-order chi connectivity index (χ1) is 9.70. The van der Waals surface area contributed by atoms with Crippen LogP contribution in [0.15, 0.2) is 12.2 Å². The summed E-state index contributed by atoms with van der Waals surface area (Å²) < 4.78 is 0. The molecule has 0 aliphatic heterocycles. The maximum absolute atomic E-state index is 11.6. The Bertz CT molecular complexity index is 279. The van der Waals surface area contributed by atoms with E-state index in [1.54, 1.807) is 0 Å². The molecule has 0 atom stereocenters. The topological polar surface area (TPSA) is 34.1 Å². The van der Waals surface area contributed by atoms with Crippen LogP contribution in [0, 0.1) is 0 Å². The summed E-state index contributed by atoms with van der Waals surface area (Å²) in [5.41, 5.74) is 0. The molecule has 0 radical (unpaired) electrons. The number of unbranched alkanes of at least 4 members (excludes halogenated alkanes) is 6. The monoisotopic (exact) mass is 280 g/mol. The Hall–Kier alpha value is -0.920. The number of rotatable bonds is 14. The van der Waals surface area contributed by atoms with E-state index in [0.29, 0.717) is 18.0 Å². The number of Topliss-reactive ketones (excluding diaryl/α,β-unsaturated/α-hetero) is 2. The summed E-state index contributed by atoms with van der Waals surface area (Å²) in [6.45, 7) is 3.94. The Kier molecular flexibility index (Phi) is 13.8. The Labute approximate surface area is 125 Å². The second-order valence-electron chi connectivity index (χ2n) is 5.51. The molecule has 0 saturated carbocycles. The molecular formula is C18H32O2. The molecule has 0 heterocycles. The van der Waals surface area contributed by atoms with Gasteiger partial charge in [0.25, 0.3) is 0 Å². The van der Waals surface area contributed by atoms with E-state index in [1.807, 2.05) is 19.9 Å². The summed E-state index contributed by atoms with van der Waals surface area (Å²) >= 11 is 0. The smallest absolute Gasteiger partial charge is 0.132 e. The van der Waals surface area contributed by atoms with Crippen molar-refractivity contribution in [1.29, 1.82) is 0 Å². The summed E-state index contributed by atoms with van der Waals surface area (Å²) in [4.78, 5) is 22.7. The Morgan fingerprint density at radius 1 is 0.750 bits per heavy atom. The maximum atomic E-state index is 11.6. The first-order valence-corrected chi connectivity index (χ1v) is 8.35. The van der Waals surface area contributed by atoms with Gasteiger partial charge in [0.2, 0.25) is 0 Å². The fourth-order valence-corrected chi connectivity index (χ4v) is 2.24. The predicted octanol–water partition coefficient (Wildman–Crippen LogP) is 5.40. The SMILES string of the molecule is CC=CCCCC(=O)CCCCCCCCC(=O)CC. The molecule has 0 rings (SSSR count). The number of ketones is 2. The van der Waals surface area contributed by atoms with E-state index in [9.17, 15) is 9.59 Å². The van der Waals surface area contributed by atoms with Gasteiger partial charge in [-0.25, -0.2) is 0 Å². The number of allylic oxidation sites excluding steroid dienone is 2. The number of carbonyl (C=O) groups is 2. The van der Waals surface area contributed by atoms with Gasteiger partial charge in [-0.15, -0.1) is 0 Å². The third-order valence-corrected chi connectivity index (χ3v) is 3.62. The van der Waals surface area contributed by atoms with E-state index >= 15 is 0 Å². The molecule has 20 heavy (non-hydrogen) atoms. The zero-order valence-corrected chi connectivity index (χ0v) is 13.5. The van der Waals surface area contributed by atoms with Crippen LogP contribution >= 0.6 is 0 Å². The molecule has 0 bridgehead atoms. The first kappa shape index (κ1) is 19.1. The van der Waals surface area contributed by atoms with Gasteiger partial charge in [0.1, 0.15) is 11.6 Å². The van der Waals surface area contributed by atoms with Gasteiger partial charge in [0.15, 0.2) is 0 Å². The highest BCUT2D eigenvalue weighted by Gasteiger charge is 2.01. The van der Waals surface area contributed by atoms with Crippen molar-refractivity contribution in [1.82, 2.24) is 0 Å². The zero-order valence-electron chi connectivity index (χ0n) is 13.5. The van der Waals surface area contributed by atoms with Gasteiger partial charge in [0, 0.05) is 25.7 Å². The average Bonchev–Trinajstić information content (AvgIpc) is 2.46. The third-order valence-electron chi connectivity index (χ3n) is 3.62. The minimum Gasteiger partial charge on any atom is -0.300 e. The number of hydrogen-bond acceptors (Lipinski definition) is 2. The van der Waals surface area contributed by atoms with Crippen molar-refractivity contribution in [2.45, 2.75) is 90.9 Å². The summed E-state index contributed by atoms with van der Waals surface area (Å²) in [5, 5.41) is 0. The molecule has 0 aromatic rings.